The number of nitrogens with one attached hydrogen (secondary N) is 2. The van der Waals surface area contributed by atoms with Gasteiger partial charge in [0.15, 0.2) is 0 Å². The number of nitrogens with zero attached hydrogens (tertiary/aromatic N) is 5. The van der Waals surface area contributed by atoms with E-state index >= 15 is 0 Å². The second-order valence-corrected chi connectivity index (χ2v) is 7.89. The van der Waals surface area contributed by atoms with Crippen LogP contribution in [0.2, 0.25) is 10.0 Å². The molecule has 1 aromatic carbocycles. The molecule has 0 saturated carbocycles. The van der Waals surface area contributed by atoms with Crippen LogP contribution in [0.4, 0.5) is 11.5 Å². The highest BCUT2D eigenvalue weighted by molar-refractivity contribution is 6.36. The van der Waals surface area contributed by atoms with Gasteiger partial charge >= 0.3 is 0 Å². The summed E-state index contributed by atoms with van der Waals surface area (Å²) in [7, 11) is 0. The lowest BCUT2D eigenvalue weighted by Crippen LogP contribution is -2.32. The zero-order valence-corrected chi connectivity index (χ0v) is 18.6. The minimum absolute atomic E-state index is 0.0915. The number of imidazole rings is 1. The summed E-state index contributed by atoms with van der Waals surface area (Å²) in [5.41, 5.74) is 7.81. The van der Waals surface area contributed by atoms with E-state index < -0.39 is 4.92 Å². The van der Waals surface area contributed by atoms with Crippen LogP contribution < -0.4 is 11.1 Å². The van der Waals surface area contributed by atoms with E-state index in [1.165, 1.54) is 18.3 Å². The molecule has 168 valence electrons. The molecule has 0 spiro atoms. The third-order valence-corrected chi connectivity index (χ3v) is 5.35. The second-order valence-electron chi connectivity index (χ2n) is 7.05. The molecule has 4 rings (SSSR count). The summed E-state index contributed by atoms with van der Waals surface area (Å²) in [6.07, 6.45) is 6.60. The Balaban J connectivity index is 1.64. The van der Waals surface area contributed by atoms with Crippen molar-refractivity contribution in [1.82, 2.24) is 24.9 Å². The summed E-state index contributed by atoms with van der Waals surface area (Å²) in [5.74, 6) is 1.59. The molecule has 0 radical (unpaired) electrons. The van der Waals surface area contributed by atoms with E-state index in [0.717, 1.165) is 0 Å². The van der Waals surface area contributed by atoms with Crippen molar-refractivity contribution in [2.75, 3.05) is 11.9 Å². The molecule has 3 heterocycles. The number of nitrogens with two attached hydrogens (primary N) is 1. The molecular weight excluding hydrogens is 467 g/mol. The maximum Gasteiger partial charge on any atom is 0.287 e. The number of benzene rings is 1. The van der Waals surface area contributed by atoms with E-state index in [1.54, 1.807) is 36.8 Å². The second kappa shape index (κ2) is 9.90. The number of aromatic nitrogens is 5. The molecule has 0 amide bonds. The van der Waals surface area contributed by atoms with Crippen molar-refractivity contribution in [2.45, 2.75) is 12.5 Å². The molecule has 0 saturated heterocycles. The molecule has 33 heavy (non-hydrogen) atoms. The van der Waals surface area contributed by atoms with Crippen molar-refractivity contribution in [3.8, 4) is 22.6 Å². The normalized spacial score (nSPS) is 11.8. The Morgan fingerprint density at radius 1 is 1.12 bits per heavy atom. The number of anilines is 1. The number of H-pyrrole nitrogens is 1. The Kier molecular flexibility index (Phi) is 6.78. The van der Waals surface area contributed by atoms with Crippen LogP contribution in [-0.2, 0) is 6.42 Å². The summed E-state index contributed by atoms with van der Waals surface area (Å²) in [5, 5.41) is 14.9. The van der Waals surface area contributed by atoms with Gasteiger partial charge < -0.3 is 16.0 Å². The standard InChI is InChI=1S/C21H18Cl2N8O2/c22-12-1-3-15(17(23)7-12)20-16(21-25-5-6-26-21)11-28-19(30-20)8-13(9-24)29-18-4-2-14(10-27-18)31(32)33/h1-7,10-11,13H,8-9,24H2,(H,25,26)(H,27,29). The monoisotopic (exact) mass is 484 g/mol. The number of rotatable bonds is 8. The number of hydrogen-bond donors (Lipinski definition) is 3. The zero-order chi connectivity index (χ0) is 23.4. The maximum absolute atomic E-state index is 10.8. The first-order chi connectivity index (χ1) is 15.9. The smallest absolute Gasteiger partial charge is 0.287 e. The molecule has 0 bridgehead atoms. The summed E-state index contributed by atoms with van der Waals surface area (Å²) in [6.45, 7) is 0.263. The van der Waals surface area contributed by atoms with Crippen molar-refractivity contribution in [3.05, 3.63) is 81.1 Å². The predicted octanol–water partition coefficient (Wildman–Crippen LogP) is 4.13. The lowest BCUT2D eigenvalue weighted by molar-refractivity contribution is -0.385. The van der Waals surface area contributed by atoms with Gasteiger partial charge in [0.1, 0.15) is 23.7 Å². The Hall–Kier alpha value is -3.60. The number of nitro groups is 1. The van der Waals surface area contributed by atoms with Crippen LogP contribution in [0, 0.1) is 10.1 Å². The van der Waals surface area contributed by atoms with E-state index in [4.69, 9.17) is 33.9 Å². The SMILES string of the molecule is NCC(Cc1ncc(-c2ncc[nH]2)c(-c2ccc(Cl)cc2Cl)n1)Nc1ccc([N+](=O)[O-])cn1. The molecule has 1 unspecified atom stereocenters. The average molecular weight is 485 g/mol. The molecule has 3 aromatic heterocycles. The van der Waals surface area contributed by atoms with E-state index in [1.807, 2.05) is 0 Å². The summed E-state index contributed by atoms with van der Waals surface area (Å²) < 4.78 is 0. The van der Waals surface area contributed by atoms with Crippen LogP contribution in [0.3, 0.4) is 0 Å². The molecule has 12 heteroatoms. The first kappa shape index (κ1) is 22.6. The zero-order valence-electron chi connectivity index (χ0n) is 17.1. The molecule has 10 nitrogen and oxygen atoms in total. The third-order valence-electron chi connectivity index (χ3n) is 4.80. The van der Waals surface area contributed by atoms with Gasteiger partial charge in [-0.2, -0.15) is 0 Å². The Morgan fingerprint density at radius 3 is 2.61 bits per heavy atom. The fourth-order valence-electron chi connectivity index (χ4n) is 3.19. The molecule has 0 aliphatic heterocycles. The van der Waals surface area contributed by atoms with Crippen LogP contribution in [0.1, 0.15) is 5.82 Å². The van der Waals surface area contributed by atoms with Crippen LogP contribution in [-0.4, -0.2) is 42.4 Å². The molecule has 4 N–H and O–H groups in total. The van der Waals surface area contributed by atoms with E-state index in [-0.39, 0.29) is 18.3 Å². The van der Waals surface area contributed by atoms with Crippen LogP contribution in [0.5, 0.6) is 0 Å². The van der Waals surface area contributed by atoms with Gasteiger partial charge in [-0.05, 0) is 24.3 Å². The molecule has 0 aliphatic carbocycles. The first-order valence-corrected chi connectivity index (χ1v) is 10.6. The van der Waals surface area contributed by atoms with Crippen LogP contribution >= 0.6 is 23.2 Å². The lowest BCUT2D eigenvalue weighted by atomic mass is 10.1. The van der Waals surface area contributed by atoms with Gasteiger partial charge in [0, 0.05) is 54.3 Å². The minimum atomic E-state index is -0.505. The average Bonchev–Trinajstić information content (AvgIpc) is 3.34. The number of hydrogen-bond acceptors (Lipinski definition) is 8. The van der Waals surface area contributed by atoms with Gasteiger partial charge in [-0.3, -0.25) is 10.1 Å². The van der Waals surface area contributed by atoms with Gasteiger partial charge in [0.25, 0.3) is 5.69 Å². The van der Waals surface area contributed by atoms with Crippen molar-refractivity contribution in [2.24, 2.45) is 5.73 Å². The molecule has 4 aromatic rings. The van der Waals surface area contributed by atoms with Gasteiger partial charge in [-0.25, -0.2) is 19.9 Å². The highest BCUT2D eigenvalue weighted by atomic mass is 35.5. The molecule has 0 aliphatic rings. The third kappa shape index (κ3) is 5.25. The van der Waals surface area contributed by atoms with Gasteiger partial charge in [0.2, 0.25) is 0 Å². The highest BCUT2D eigenvalue weighted by Crippen LogP contribution is 2.34. The largest absolute Gasteiger partial charge is 0.366 e. The van der Waals surface area contributed by atoms with Gasteiger partial charge in [-0.1, -0.05) is 23.2 Å². The van der Waals surface area contributed by atoms with Gasteiger partial charge in [-0.15, -0.1) is 0 Å². The highest BCUT2D eigenvalue weighted by Gasteiger charge is 2.18. The quantitative estimate of drug-likeness (QED) is 0.249. The number of pyridine rings is 1. The Labute approximate surface area is 198 Å². The number of halogens is 2. The molecular formula is C21H18Cl2N8O2. The number of aromatic amines is 1. The summed E-state index contributed by atoms with van der Waals surface area (Å²) in [6, 6.07) is 7.82. The fraction of sp³-hybridized carbons (Fsp3) is 0.143. The van der Waals surface area contributed by atoms with Crippen molar-refractivity contribution < 1.29 is 4.92 Å². The maximum atomic E-state index is 10.8. The van der Waals surface area contributed by atoms with Crippen LogP contribution in [0.15, 0.2) is 55.1 Å². The van der Waals surface area contributed by atoms with Crippen molar-refractivity contribution in [3.63, 3.8) is 0 Å². The Morgan fingerprint density at radius 2 is 1.97 bits per heavy atom. The predicted molar refractivity (Wildman–Crippen MR) is 126 cm³/mol. The van der Waals surface area contributed by atoms with Crippen molar-refractivity contribution >= 4 is 34.7 Å². The first-order valence-electron chi connectivity index (χ1n) is 9.82. The van der Waals surface area contributed by atoms with E-state index in [9.17, 15) is 10.1 Å². The molecule has 1 atom stereocenters. The van der Waals surface area contributed by atoms with Gasteiger partial charge in [0.05, 0.1) is 21.2 Å². The summed E-state index contributed by atoms with van der Waals surface area (Å²) in [4.78, 5) is 31.0. The minimum Gasteiger partial charge on any atom is -0.366 e. The summed E-state index contributed by atoms with van der Waals surface area (Å²) >= 11 is 12.5. The Bertz CT molecular complexity index is 1270. The van der Waals surface area contributed by atoms with Crippen LogP contribution in [0.25, 0.3) is 22.6 Å². The topological polar surface area (TPSA) is 149 Å². The van der Waals surface area contributed by atoms with E-state index in [2.05, 4.69) is 25.3 Å². The molecule has 0 fully saturated rings. The lowest BCUT2D eigenvalue weighted by Gasteiger charge is -2.17. The van der Waals surface area contributed by atoms with E-state index in [0.29, 0.717) is 50.8 Å². The fourth-order valence-corrected chi connectivity index (χ4v) is 3.69. The van der Waals surface area contributed by atoms with Crippen molar-refractivity contribution in [1.29, 1.82) is 0 Å².